The van der Waals surface area contributed by atoms with Crippen LogP contribution in [-0.4, -0.2) is 47.6 Å². The van der Waals surface area contributed by atoms with Crippen molar-refractivity contribution in [1.29, 1.82) is 0 Å². The topological polar surface area (TPSA) is 89.8 Å². The molecular weight excluding hydrogens is 174 g/mol. The van der Waals surface area contributed by atoms with Crippen molar-refractivity contribution in [3.8, 4) is 0 Å². The second-order valence-electron chi connectivity index (χ2n) is 2.69. The highest BCUT2D eigenvalue weighted by Gasteiger charge is 1.99. The third-order valence-electron chi connectivity index (χ3n) is 1.07. The first kappa shape index (κ1) is 14.9. The zero-order valence-electron chi connectivity index (χ0n) is 8.16. The zero-order valence-corrected chi connectivity index (χ0v) is 8.16. The number of carboxylic acids is 1. The molecule has 0 aromatic carbocycles. The van der Waals surface area contributed by atoms with Gasteiger partial charge >= 0.3 is 5.97 Å². The Hall–Kier alpha value is -0.650. The highest BCUT2D eigenvalue weighted by Crippen LogP contribution is 1.87. The molecule has 5 heteroatoms. The van der Waals surface area contributed by atoms with Gasteiger partial charge in [-0.1, -0.05) is 13.8 Å². The van der Waals surface area contributed by atoms with Crippen LogP contribution in [-0.2, 0) is 4.79 Å². The average Bonchev–Trinajstić information content (AvgIpc) is 2.06. The van der Waals surface area contributed by atoms with E-state index in [1.54, 1.807) is 13.8 Å². The van der Waals surface area contributed by atoms with Gasteiger partial charge in [-0.05, 0) is 0 Å². The van der Waals surface area contributed by atoms with Gasteiger partial charge in [0, 0.05) is 13.1 Å². The highest BCUT2D eigenvalue weighted by molar-refractivity contribution is 5.68. The molecule has 0 radical (unpaired) electrons. The molecule has 0 heterocycles. The minimum absolute atomic E-state index is 0.139. The summed E-state index contributed by atoms with van der Waals surface area (Å²) >= 11 is 0. The molecule has 4 N–H and O–H groups in total. The zero-order chi connectivity index (χ0) is 10.7. The molecule has 0 unspecified atom stereocenters. The van der Waals surface area contributed by atoms with E-state index in [1.807, 2.05) is 0 Å². The van der Waals surface area contributed by atoms with Gasteiger partial charge < -0.3 is 20.6 Å². The number of aliphatic carboxylic acids is 1. The summed E-state index contributed by atoms with van der Waals surface area (Å²) < 4.78 is 0. The molecule has 0 rings (SSSR count). The Bertz CT molecular complexity index is 113. The van der Waals surface area contributed by atoms with Crippen LogP contribution in [0.5, 0.6) is 0 Å². The Balaban J connectivity index is 0. The summed E-state index contributed by atoms with van der Waals surface area (Å²) in [5, 5.41) is 27.1. The number of hydrogen-bond donors (Lipinski definition) is 4. The number of hydrogen-bond acceptors (Lipinski definition) is 4. The van der Waals surface area contributed by atoms with Gasteiger partial charge in [-0.15, -0.1) is 0 Å². The van der Waals surface area contributed by atoms with Crippen molar-refractivity contribution in [2.75, 3.05) is 26.3 Å². The van der Waals surface area contributed by atoms with Gasteiger partial charge in [-0.2, -0.15) is 0 Å². The van der Waals surface area contributed by atoms with Crippen molar-refractivity contribution >= 4 is 5.97 Å². The van der Waals surface area contributed by atoms with Crippen molar-refractivity contribution in [3.63, 3.8) is 0 Å². The lowest BCUT2D eigenvalue weighted by Gasteiger charge is -1.94. The summed E-state index contributed by atoms with van der Waals surface area (Å²) in [6, 6.07) is 0. The maximum atomic E-state index is 9.70. The quantitative estimate of drug-likeness (QED) is 0.433. The van der Waals surface area contributed by atoms with E-state index in [0.717, 1.165) is 0 Å². The molecule has 0 fully saturated rings. The number of carbonyl (C=O) groups is 1. The van der Waals surface area contributed by atoms with Gasteiger partial charge in [0.25, 0.3) is 0 Å². The smallest absolute Gasteiger partial charge is 0.305 e. The van der Waals surface area contributed by atoms with Crippen LogP contribution in [0, 0.1) is 5.92 Å². The summed E-state index contributed by atoms with van der Waals surface area (Å²) in [7, 11) is 0. The van der Waals surface area contributed by atoms with Crippen molar-refractivity contribution in [3.05, 3.63) is 0 Å². The molecule has 0 bridgehead atoms. The van der Waals surface area contributed by atoms with Crippen LogP contribution in [0.15, 0.2) is 0 Å². The SMILES string of the molecule is CC(C)C(=O)O.OCCNCCO. The molecule has 0 aromatic rings. The van der Waals surface area contributed by atoms with E-state index >= 15 is 0 Å². The van der Waals surface area contributed by atoms with Crippen LogP contribution in [0.1, 0.15) is 13.8 Å². The molecule has 0 spiro atoms. The van der Waals surface area contributed by atoms with Crippen molar-refractivity contribution in [2.24, 2.45) is 5.92 Å². The Morgan fingerprint density at radius 1 is 1.23 bits per heavy atom. The van der Waals surface area contributed by atoms with E-state index in [4.69, 9.17) is 15.3 Å². The van der Waals surface area contributed by atoms with E-state index in [9.17, 15) is 4.79 Å². The lowest BCUT2D eigenvalue weighted by molar-refractivity contribution is -0.140. The predicted octanol–water partition coefficient (Wildman–Crippen LogP) is -0.712. The monoisotopic (exact) mass is 193 g/mol. The minimum Gasteiger partial charge on any atom is -0.481 e. The summed E-state index contributed by atoms with van der Waals surface area (Å²) in [5.74, 6) is -0.972. The van der Waals surface area contributed by atoms with Gasteiger partial charge in [0.2, 0.25) is 0 Å². The first-order valence-corrected chi connectivity index (χ1v) is 4.21. The van der Waals surface area contributed by atoms with Crippen molar-refractivity contribution in [2.45, 2.75) is 13.8 Å². The Morgan fingerprint density at radius 2 is 1.54 bits per heavy atom. The molecule has 0 saturated carbocycles. The highest BCUT2D eigenvalue weighted by atomic mass is 16.4. The summed E-state index contributed by atoms with van der Waals surface area (Å²) in [6.45, 7) is 4.70. The Morgan fingerprint density at radius 3 is 1.69 bits per heavy atom. The average molecular weight is 193 g/mol. The van der Waals surface area contributed by atoms with E-state index in [1.165, 1.54) is 0 Å². The fraction of sp³-hybridized carbons (Fsp3) is 0.875. The fourth-order valence-corrected chi connectivity index (χ4v) is 0.283. The van der Waals surface area contributed by atoms with Crippen LogP contribution in [0.3, 0.4) is 0 Å². The Labute approximate surface area is 78.4 Å². The van der Waals surface area contributed by atoms with Gasteiger partial charge in [-0.3, -0.25) is 4.79 Å². The standard InChI is InChI=1S/C4H11NO2.C4H8O2/c6-3-1-5-2-4-7;1-3(2)4(5)6/h5-7H,1-4H2;3H,1-2H3,(H,5,6). The Kier molecular flexibility index (Phi) is 13.0. The van der Waals surface area contributed by atoms with Crippen LogP contribution in [0.25, 0.3) is 0 Å². The predicted molar refractivity (Wildman–Crippen MR) is 49.5 cm³/mol. The molecule has 0 aromatic heterocycles. The van der Waals surface area contributed by atoms with Crippen LogP contribution in [0.4, 0.5) is 0 Å². The largest absolute Gasteiger partial charge is 0.481 e. The number of aliphatic hydroxyl groups is 2. The second-order valence-corrected chi connectivity index (χ2v) is 2.69. The molecule has 80 valence electrons. The van der Waals surface area contributed by atoms with Gasteiger partial charge in [0.1, 0.15) is 0 Å². The molecule has 0 saturated heterocycles. The van der Waals surface area contributed by atoms with Crippen molar-refractivity contribution < 1.29 is 20.1 Å². The maximum Gasteiger partial charge on any atom is 0.305 e. The maximum absolute atomic E-state index is 9.70. The van der Waals surface area contributed by atoms with Crippen LogP contribution < -0.4 is 5.32 Å². The number of nitrogens with one attached hydrogen (secondary N) is 1. The molecular formula is C8H19NO4. The molecule has 0 aliphatic heterocycles. The minimum atomic E-state index is -0.741. The number of rotatable bonds is 5. The normalized spacial score (nSPS) is 9.31. The molecule has 0 aliphatic rings. The van der Waals surface area contributed by atoms with E-state index in [-0.39, 0.29) is 19.1 Å². The third kappa shape index (κ3) is 18.4. The lowest BCUT2D eigenvalue weighted by Crippen LogP contribution is -2.21. The second kappa shape index (κ2) is 11.4. The molecule has 13 heavy (non-hydrogen) atoms. The lowest BCUT2D eigenvalue weighted by atomic mass is 10.2. The van der Waals surface area contributed by atoms with Gasteiger partial charge in [0.05, 0.1) is 19.1 Å². The molecule has 0 atom stereocenters. The van der Waals surface area contributed by atoms with Crippen molar-refractivity contribution in [1.82, 2.24) is 5.32 Å². The van der Waals surface area contributed by atoms with E-state index in [0.29, 0.717) is 13.1 Å². The van der Waals surface area contributed by atoms with Gasteiger partial charge in [0.15, 0.2) is 0 Å². The first-order chi connectivity index (χ1) is 6.06. The van der Waals surface area contributed by atoms with Crippen LogP contribution in [0.2, 0.25) is 0 Å². The van der Waals surface area contributed by atoms with E-state index in [2.05, 4.69) is 5.32 Å². The summed E-state index contributed by atoms with van der Waals surface area (Å²) in [6.07, 6.45) is 0. The summed E-state index contributed by atoms with van der Waals surface area (Å²) in [4.78, 5) is 9.70. The van der Waals surface area contributed by atoms with E-state index < -0.39 is 5.97 Å². The fourth-order valence-electron chi connectivity index (χ4n) is 0.283. The third-order valence-corrected chi connectivity index (χ3v) is 1.07. The van der Waals surface area contributed by atoms with Crippen LogP contribution >= 0.6 is 0 Å². The van der Waals surface area contributed by atoms with Gasteiger partial charge in [-0.25, -0.2) is 0 Å². The molecule has 0 amide bonds. The molecule has 5 nitrogen and oxygen atoms in total. The summed E-state index contributed by atoms with van der Waals surface area (Å²) in [5.41, 5.74) is 0. The molecule has 0 aliphatic carbocycles. The number of carboxylic acid groups (broad SMARTS) is 1. The first-order valence-electron chi connectivity index (χ1n) is 4.21. The number of aliphatic hydroxyl groups excluding tert-OH is 2.